The van der Waals surface area contributed by atoms with E-state index in [2.05, 4.69) is 9.97 Å². The number of halogens is 3. The number of aromatic nitrogens is 2. The minimum absolute atomic E-state index is 0.121. The Morgan fingerprint density at radius 3 is 2.65 bits per heavy atom. The SMILES string of the molecule is Cc1cnc(Cl)nc1Oc1ccc(Cl)cc1Cl. The molecule has 0 fully saturated rings. The highest BCUT2D eigenvalue weighted by molar-refractivity contribution is 6.35. The molecule has 0 aliphatic heterocycles. The summed E-state index contributed by atoms with van der Waals surface area (Å²) < 4.78 is 5.55. The lowest BCUT2D eigenvalue weighted by Gasteiger charge is -2.08. The molecular weight excluding hydrogens is 282 g/mol. The van der Waals surface area contributed by atoms with Crippen LogP contribution in [0.4, 0.5) is 0 Å². The van der Waals surface area contributed by atoms with Crippen LogP contribution in [0.1, 0.15) is 5.56 Å². The van der Waals surface area contributed by atoms with Crippen molar-refractivity contribution in [3.63, 3.8) is 0 Å². The second kappa shape index (κ2) is 5.08. The molecule has 0 radical (unpaired) electrons. The van der Waals surface area contributed by atoms with E-state index in [1.807, 2.05) is 6.92 Å². The smallest absolute Gasteiger partial charge is 0.226 e. The lowest BCUT2D eigenvalue weighted by Crippen LogP contribution is -1.94. The monoisotopic (exact) mass is 288 g/mol. The summed E-state index contributed by atoms with van der Waals surface area (Å²) in [5, 5.41) is 1.07. The van der Waals surface area contributed by atoms with Gasteiger partial charge in [0.05, 0.1) is 5.02 Å². The molecule has 3 nitrogen and oxygen atoms in total. The molecule has 17 heavy (non-hydrogen) atoms. The van der Waals surface area contributed by atoms with Crippen molar-refractivity contribution >= 4 is 34.8 Å². The predicted molar refractivity (Wildman–Crippen MR) is 68.3 cm³/mol. The average Bonchev–Trinajstić information content (AvgIpc) is 2.27. The normalized spacial score (nSPS) is 10.4. The number of hydrogen-bond acceptors (Lipinski definition) is 3. The van der Waals surface area contributed by atoms with Gasteiger partial charge >= 0.3 is 0 Å². The molecule has 0 atom stereocenters. The van der Waals surface area contributed by atoms with Crippen molar-refractivity contribution in [2.45, 2.75) is 6.92 Å². The maximum Gasteiger partial charge on any atom is 0.226 e. The van der Waals surface area contributed by atoms with Crippen LogP contribution >= 0.6 is 34.8 Å². The summed E-state index contributed by atoms with van der Waals surface area (Å²) in [6.07, 6.45) is 1.58. The molecule has 1 heterocycles. The number of hydrogen-bond donors (Lipinski definition) is 0. The molecule has 1 aromatic heterocycles. The zero-order valence-electron chi connectivity index (χ0n) is 8.75. The van der Waals surface area contributed by atoms with Gasteiger partial charge in [-0.2, -0.15) is 4.98 Å². The minimum Gasteiger partial charge on any atom is -0.437 e. The molecule has 0 unspecified atom stereocenters. The number of benzene rings is 1. The van der Waals surface area contributed by atoms with Gasteiger partial charge in [-0.1, -0.05) is 23.2 Å². The van der Waals surface area contributed by atoms with Gasteiger partial charge in [0.15, 0.2) is 0 Å². The first-order valence-electron chi connectivity index (χ1n) is 4.68. The van der Waals surface area contributed by atoms with Crippen molar-refractivity contribution in [2.24, 2.45) is 0 Å². The lowest BCUT2D eigenvalue weighted by molar-refractivity contribution is 0.457. The van der Waals surface area contributed by atoms with E-state index in [1.165, 1.54) is 0 Å². The third-order valence-corrected chi connectivity index (χ3v) is 2.71. The van der Waals surface area contributed by atoms with Gasteiger partial charge in [-0.05, 0) is 36.7 Å². The summed E-state index contributed by atoms with van der Waals surface area (Å²) in [5.41, 5.74) is 0.764. The first-order chi connectivity index (χ1) is 8.06. The van der Waals surface area contributed by atoms with Crippen LogP contribution in [0.25, 0.3) is 0 Å². The van der Waals surface area contributed by atoms with Crippen LogP contribution in [0.15, 0.2) is 24.4 Å². The Hall–Kier alpha value is -1.03. The van der Waals surface area contributed by atoms with Crippen molar-refractivity contribution in [2.75, 3.05) is 0 Å². The van der Waals surface area contributed by atoms with Gasteiger partial charge in [-0.25, -0.2) is 4.98 Å². The Morgan fingerprint density at radius 2 is 1.94 bits per heavy atom. The largest absolute Gasteiger partial charge is 0.437 e. The van der Waals surface area contributed by atoms with E-state index in [4.69, 9.17) is 39.5 Å². The summed E-state index contributed by atoms with van der Waals surface area (Å²) in [5.74, 6) is 0.836. The molecule has 2 aromatic rings. The molecule has 1 aromatic carbocycles. The molecule has 0 N–H and O–H groups in total. The fourth-order valence-corrected chi connectivity index (χ4v) is 1.74. The second-order valence-corrected chi connectivity index (χ2v) is 4.49. The lowest BCUT2D eigenvalue weighted by atomic mass is 10.3. The molecule has 0 saturated carbocycles. The maximum absolute atomic E-state index is 5.99. The van der Waals surface area contributed by atoms with Crippen LogP contribution in [0.3, 0.4) is 0 Å². The second-order valence-electron chi connectivity index (χ2n) is 3.30. The summed E-state index contributed by atoms with van der Waals surface area (Å²) in [6.45, 7) is 1.81. The fourth-order valence-electron chi connectivity index (χ4n) is 1.17. The van der Waals surface area contributed by atoms with E-state index < -0.39 is 0 Å². The van der Waals surface area contributed by atoms with Crippen LogP contribution in [0.5, 0.6) is 11.6 Å². The molecule has 0 amide bonds. The van der Waals surface area contributed by atoms with Crippen molar-refractivity contribution in [1.29, 1.82) is 0 Å². The van der Waals surface area contributed by atoms with E-state index in [9.17, 15) is 0 Å². The van der Waals surface area contributed by atoms with Crippen LogP contribution in [-0.4, -0.2) is 9.97 Å². The Morgan fingerprint density at radius 1 is 1.18 bits per heavy atom. The van der Waals surface area contributed by atoms with Crippen LogP contribution < -0.4 is 4.74 Å². The van der Waals surface area contributed by atoms with Gasteiger partial charge in [-0.15, -0.1) is 0 Å². The van der Waals surface area contributed by atoms with E-state index in [-0.39, 0.29) is 5.28 Å². The highest BCUT2D eigenvalue weighted by atomic mass is 35.5. The number of aryl methyl sites for hydroxylation is 1. The molecular formula is C11H7Cl3N2O. The van der Waals surface area contributed by atoms with Crippen LogP contribution in [0.2, 0.25) is 15.3 Å². The summed E-state index contributed by atoms with van der Waals surface area (Å²) >= 11 is 17.5. The molecule has 0 aliphatic carbocycles. The third kappa shape index (κ3) is 3.00. The van der Waals surface area contributed by atoms with Crippen molar-refractivity contribution in [1.82, 2.24) is 9.97 Å². The van der Waals surface area contributed by atoms with Crippen LogP contribution in [0, 0.1) is 6.92 Å². The number of nitrogens with zero attached hydrogens (tertiary/aromatic N) is 2. The van der Waals surface area contributed by atoms with Gasteiger partial charge in [0.1, 0.15) is 5.75 Å². The molecule has 0 saturated heterocycles. The maximum atomic E-state index is 5.99. The topological polar surface area (TPSA) is 35.0 Å². The highest BCUT2D eigenvalue weighted by Gasteiger charge is 2.08. The fraction of sp³-hybridized carbons (Fsp3) is 0.0909. The van der Waals surface area contributed by atoms with Crippen molar-refractivity contribution < 1.29 is 4.74 Å². The molecule has 2 rings (SSSR count). The van der Waals surface area contributed by atoms with E-state index in [0.29, 0.717) is 21.7 Å². The van der Waals surface area contributed by atoms with E-state index in [0.717, 1.165) is 5.56 Å². The van der Waals surface area contributed by atoms with Crippen molar-refractivity contribution in [3.8, 4) is 11.6 Å². The Bertz CT molecular complexity index is 560. The van der Waals surface area contributed by atoms with Gasteiger partial charge in [0, 0.05) is 16.8 Å². The van der Waals surface area contributed by atoms with Gasteiger partial charge in [-0.3, -0.25) is 0 Å². The van der Waals surface area contributed by atoms with E-state index >= 15 is 0 Å². The molecule has 0 bridgehead atoms. The van der Waals surface area contributed by atoms with Gasteiger partial charge in [0.2, 0.25) is 11.2 Å². The summed E-state index contributed by atoms with van der Waals surface area (Å²) in [4.78, 5) is 7.81. The van der Waals surface area contributed by atoms with Gasteiger partial charge in [0.25, 0.3) is 0 Å². The first kappa shape index (κ1) is 12.4. The number of rotatable bonds is 2. The summed E-state index contributed by atoms with van der Waals surface area (Å²) in [6, 6.07) is 4.94. The van der Waals surface area contributed by atoms with Crippen molar-refractivity contribution in [3.05, 3.63) is 45.3 Å². The number of ether oxygens (including phenoxy) is 1. The molecule has 0 aliphatic rings. The standard InChI is InChI=1S/C11H7Cl3N2O/c1-6-5-15-11(14)16-10(6)17-9-3-2-7(12)4-8(9)13/h2-5H,1H3. The molecule has 6 heteroatoms. The zero-order chi connectivity index (χ0) is 12.4. The molecule has 0 spiro atoms. The first-order valence-corrected chi connectivity index (χ1v) is 5.81. The Kier molecular flexibility index (Phi) is 3.72. The highest BCUT2D eigenvalue weighted by Crippen LogP contribution is 2.32. The zero-order valence-corrected chi connectivity index (χ0v) is 11.0. The minimum atomic E-state index is 0.121. The molecule has 88 valence electrons. The van der Waals surface area contributed by atoms with Crippen LogP contribution in [-0.2, 0) is 0 Å². The quantitative estimate of drug-likeness (QED) is 0.761. The average molecular weight is 290 g/mol. The third-order valence-electron chi connectivity index (χ3n) is 2.00. The van der Waals surface area contributed by atoms with E-state index in [1.54, 1.807) is 24.4 Å². The Labute approximate surface area is 113 Å². The predicted octanol–water partition coefficient (Wildman–Crippen LogP) is 4.54. The Balaban J connectivity index is 2.34. The summed E-state index contributed by atoms with van der Waals surface area (Å²) in [7, 11) is 0. The van der Waals surface area contributed by atoms with Gasteiger partial charge < -0.3 is 4.74 Å².